The molecule has 76 valence electrons. The number of halogens is 1. The largest absolute Gasteiger partial charge is 0.489 e. The summed E-state index contributed by atoms with van der Waals surface area (Å²) >= 11 is 5.98. The van der Waals surface area contributed by atoms with Gasteiger partial charge in [-0.2, -0.15) is 0 Å². The molecule has 2 nitrogen and oxygen atoms in total. The second kappa shape index (κ2) is 3.77. The summed E-state index contributed by atoms with van der Waals surface area (Å²) in [4.78, 5) is 4.12. The fourth-order valence-electron chi connectivity index (χ4n) is 1.29. The summed E-state index contributed by atoms with van der Waals surface area (Å²) < 4.78 is 5.65. The molecule has 3 heteroatoms. The number of pyridine rings is 1. The summed E-state index contributed by atoms with van der Waals surface area (Å²) in [5.41, 5.74) is 1.06. The van der Waals surface area contributed by atoms with Crippen LogP contribution in [0.25, 0.3) is 0 Å². The van der Waals surface area contributed by atoms with E-state index >= 15 is 0 Å². The number of hydrogen-bond donors (Lipinski definition) is 0. The first kappa shape index (κ1) is 9.78. The van der Waals surface area contributed by atoms with E-state index < -0.39 is 0 Å². The lowest BCUT2D eigenvalue weighted by Gasteiger charge is -2.10. The van der Waals surface area contributed by atoms with Crippen molar-refractivity contribution in [1.82, 2.24) is 4.98 Å². The summed E-state index contributed by atoms with van der Waals surface area (Å²) in [5, 5.41) is 0.586. The zero-order valence-corrected chi connectivity index (χ0v) is 9.21. The summed E-state index contributed by atoms with van der Waals surface area (Å²) in [6, 6.07) is 2.00. The molecular weight excluding hydrogens is 198 g/mol. The van der Waals surface area contributed by atoms with Gasteiger partial charge in [0.25, 0.3) is 0 Å². The first-order chi connectivity index (χ1) is 6.66. The summed E-state index contributed by atoms with van der Waals surface area (Å²) in [6.07, 6.45) is 4.45. The Bertz CT molecular complexity index is 334. The summed E-state index contributed by atoms with van der Waals surface area (Å²) in [7, 11) is 0. The highest BCUT2D eigenvalue weighted by Gasteiger charge is 2.24. The van der Waals surface area contributed by atoms with Crippen LogP contribution in [-0.2, 0) is 0 Å². The van der Waals surface area contributed by atoms with Crippen molar-refractivity contribution >= 4 is 11.6 Å². The minimum absolute atomic E-state index is 0.387. The molecular formula is C11H14ClNO. The van der Waals surface area contributed by atoms with Crippen molar-refractivity contribution in [1.29, 1.82) is 0 Å². The van der Waals surface area contributed by atoms with Gasteiger partial charge in [0, 0.05) is 0 Å². The van der Waals surface area contributed by atoms with E-state index in [1.807, 2.05) is 6.07 Å². The van der Waals surface area contributed by atoms with Crippen molar-refractivity contribution in [3.63, 3.8) is 0 Å². The Balaban J connectivity index is 2.20. The number of nitrogens with zero attached hydrogens (tertiary/aromatic N) is 1. The third-order valence-electron chi connectivity index (χ3n) is 2.29. The Morgan fingerprint density at radius 1 is 1.50 bits per heavy atom. The van der Waals surface area contributed by atoms with Gasteiger partial charge in [0.2, 0.25) is 0 Å². The number of rotatable bonds is 3. The molecule has 0 unspecified atom stereocenters. The Hall–Kier alpha value is -0.760. The molecule has 1 saturated carbocycles. The zero-order chi connectivity index (χ0) is 10.1. The topological polar surface area (TPSA) is 22.1 Å². The van der Waals surface area contributed by atoms with Gasteiger partial charge >= 0.3 is 0 Å². The Morgan fingerprint density at radius 3 is 2.79 bits per heavy atom. The van der Waals surface area contributed by atoms with Crippen LogP contribution in [0.2, 0.25) is 5.15 Å². The van der Waals surface area contributed by atoms with Crippen LogP contribution >= 0.6 is 11.6 Å². The molecule has 0 aliphatic heterocycles. The van der Waals surface area contributed by atoms with Crippen LogP contribution in [-0.4, -0.2) is 11.1 Å². The fourth-order valence-corrected chi connectivity index (χ4v) is 1.61. The van der Waals surface area contributed by atoms with Gasteiger partial charge in [-0.15, -0.1) is 0 Å². The first-order valence-corrected chi connectivity index (χ1v) is 5.36. The molecule has 0 atom stereocenters. The highest BCUT2D eigenvalue weighted by molar-refractivity contribution is 6.30. The van der Waals surface area contributed by atoms with E-state index in [0.29, 0.717) is 17.2 Å². The van der Waals surface area contributed by atoms with Crippen molar-refractivity contribution < 1.29 is 4.74 Å². The highest BCUT2D eigenvalue weighted by atomic mass is 35.5. The second-order valence-corrected chi connectivity index (χ2v) is 4.38. The van der Waals surface area contributed by atoms with Crippen LogP contribution in [0.1, 0.15) is 38.2 Å². The van der Waals surface area contributed by atoms with Gasteiger partial charge in [-0.05, 0) is 30.4 Å². The smallest absolute Gasteiger partial charge is 0.138 e. The molecule has 1 aliphatic rings. The molecule has 1 aromatic rings. The molecule has 0 aromatic carbocycles. The number of hydrogen-bond acceptors (Lipinski definition) is 2. The van der Waals surface area contributed by atoms with Gasteiger partial charge in [0.05, 0.1) is 12.3 Å². The minimum Gasteiger partial charge on any atom is -0.489 e. The van der Waals surface area contributed by atoms with Crippen LogP contribution in [0.5, 0.6) is 5.75 Å². The maximum absolute atomic E-state index is 5.98. The van der Waals surface area contributed by atoms with Gasteiger partial charge < -0.3 is 4.74 Å². The van der Waals surface area contributed by atoms with Crippen LogP contribution in [0.15, 0.2) is 12.3 Å². The standard InChI is InChI=1S/C11H14ClNO/c1-7(2)10-5-9(6-13-11(10)12)14-8-3-4-8/h5-8H,3-4H2,1-2H3. The third-order valence-corrected chi connectivity index (χ3v) is 2.61. The lowest BCUT2D eigenvalue weighted by molar-refractivity contribution is 0.301. The van der Waals surface area contributed by atoms with Crippen molar-refractivity contribution in [2.24, 2.45) is 0 Å². The van der Waals surface area contributed by atoms with Crippen LogP contribution < -0.4 is 4.74 Å². The third kappa shape index (κ3) is 2.18. The Kier molecular flexibility index (Phi) is 2.64. The quantitative estimate of drug-likeness (QED) is 0.715. The molecule has 1 aromatic heterocycles. The minimum atomic E-state index is 0.387. The molecule has 1 aliphatic carbocycles. The average molecular weight is 212 g/mol. The first-order valence-electron chi connectivity index (χ1n) is 4.99. The van der Waals surface area contributed by atoms with Gasteiger partial charge in [-0.25, -0.2) is 4.98 Å². The van der Waals surface area contributed by atoms with Crippen molar-refractivity contribution in [3.8, 4) is 5.75 Å². The van der Waals surface area contributed by atoms with Crippen LogP contribution in [0.3, 0.4) is 0 Å². The van der Waals surface area contributed by atoms with E-state index in [2.05, 4.69) is 18.8 Å². The van der Waals surface area contributed by atoms with Crippen molar-refractivity contribution in [2.75, 3.05) is 0 Å². The van der Waals surface area contributed by atoms with Crippen molar-refractivity contribution in [3.05, 3.63) is 23.0 Å². The van der Waals surface area contributed by atoms with Crippen LogP contribution in [0, 0.1) is 0 Å². The van der Waals surface area contributed by atoms with Gasteiger partial charge in [0.1, 0.15) is 10.9 Å². The fraction of sp³-hybridized carbons (Fsp3) is 0.545. The molecule has 0 spiro atoms. The van der Waals surface area contributed by atoms with E-state index in [0.717, 1.165) is 11.3 Å². The molecule has 0 bridgehead atoms. The van der Waals surface area contributed by atoms with E-state index in [-0.39, 0.29) is 0 Å². The molecule has 2 rings (SSSR count). The molecule has 0 radical (unpaired) electrons. The molecule has 0 saturated heterocycles. The zero-order valence-electron chi connectivity index (χ0n) is 8.46. The number of aromatic nitrogens is 1. The van der Waals surface area contributed by atoms with Crippen molar-refractivity contribution in [2.45, 2.75) is 38.7 Å². The summed E-state index contributed by atoms with van der Waals surface area (Å²) in [5.74, 6) is 1.23. The normalized spacial score (nSPS) is 16.0. The van der Waals surface area contributed by atoms with E-state index in [9.17, 15) is 0 Å². The predicted molar refractivity (Wildman–Crippen MR) is 57.0 cm³/mol. The maximum atomic E-state index is 5.98. The molecule has 0 amide bonds. The SMILES string of the molecule is CC(C)c1cc(OC2CC2)cnc1Cl. The second-order valence-electron chi connectivity index (χ2n) is 4.02. The molecule has 14 heavy (non-hydrogen) atoms. The Morgan fingerprint density at radius 2 is 2.21 bits per heavy atom. The monoisotopic (exact) mass is 211 g/mol. The lowest BCUT2D eigenvalue weighted by atomic mass is 10.1. The van der Waals surface area contributed by atoms with E-state index in [4.69, 9.17) is 16.3 Å². The van der Waals surface area contributed by atoms with Gasteiger partial charge in [0.15, 0.2) is 0 Å². The Labute approximate surface area is 89.3 Å². The molecule has 1 heterocycles. The van der Waals surface area contributed by atoms with E-state index in [1.165, 1.54) is 12.8 Å². The molecule has 0 N–H and O–H groups in total. The number of ether oxygens (including phenoxy) is 1. The molecule has 1 fully saturated rings. The average Bonchev–Trinajstić information content (AvgIpc) is 2.92. The van der Waals surface area contributed by atoms with Crippen LogP contribution in [0.4, 0.5) is 0 Å². The van der Waals surface area contributed by atoms with Gasteiger partial charge in [-0.3, -0.25) is 0 Å². The predicted octanol–water partition coefficient (Wildman–Crippen LogP) is 3.40. The van der Waals surface area contributed by atoms with Gasteiger partial charge in [-0.1, -0.05) is 25.4 Å². The highest BCUT2D eigenvalue weighted by Crippen LogP contribution is 2.30. The van der Waals surface area contributed by atoms with E-state index in [1.54, 1.807) is 6.20 Å². The lowest BCUT2D eigenvalue weighted by Crippen LogP contribution is -1.99. The maximum Gasteiger partial charge on any atom is 0.138 e. The summed E-state index contributed by atoms with van der Waals surface area (Å²) in [6.45, 7) is 4.20.